The Kier molecular flexibility index (Phi) is 9.66. The van der Waals surface area contributed by atoms with Crippen LogP contribution in [-0.2, 0) is 13.2 Å². The van der Waals surface area contributed by atoms with Gasteiger partial charge in [-0.2, -0.15) is 5.10 Å². The van der Waals surface area contributed by atoms with Gasteiger partial charge in [0.25, 0.3) is 5.91 Å². The van der Waals surface area contributed by atoms with Crippen molar-refractivity contribution in [1.29, 1.82) is 0 Å². The smallest absolute Gasteiger partial charge is 0.274 e. The van der Waals surface area contributed by atoms with Crippen LogP contribution in [-0.4, -0.2) is 20.7 Å². The summed E-state index contributed by atoms with van der Waals surface area (Å²) in [6, 6.07) is 16.8. The Balaban J connectivity index is 0.00000193. The minimum Gasteiger partial charge on any atom is -0.487 e. The Morgan fingerprint density at radius 2 is 1.82 bits per heavy atom. The van der Waals surface area contributed by atoms with Gasteiger partial charge in [-0.05, 0) is 47.5 Å². The van der Waals surface area contributed by atoms with Crippen molar-refractivity contribution in [3.63, 3.8) is 0 Å². The fraction of sp³-hybridized carbons (Fsp3) is 0.0870. The lowest BCUT2D eigenvalue weighted by atomic mass is 10.2. The van der Waals surface area contributed by atoms with E-state index in [9.17, 15) is 9.18 Å². The van der Waals surface area contributed by atoms with Gasteiger partial charge in [-0.25, -0.2) is 4.39 Å². The van der Waals surface area contributed by atoms with Crippen molar-refractivity contribution < 1.29 is 13.9 Å². The Hall–Kier alpha value is -3.13. The lowest BCUT2D eigenvalue weighted by Gasteiger charge is -2.09. The highest BCUT2D eigenvalue weighted by molar-refractivity contribution is 6.32. The first-order valence-corrected chi connectivity index (χ1v) is 9.85. The topological polar surface area (TPSA) is 69.0 Å². The number of halogens is 4. The summed E-state index contributed by atoms with van der Waals surface area (Å²) in [7, 11) is 0. The summed E-state index contributed by atoms with van der Waals surface area (Å²) in [5.41, 5.74) is 2.47. The molecule has 0 bridgehead atoms. The van der Waals surface area contributed by atoms with Gasteiger partial charge in [0.2, 0.25) is 0 Å². The van der Waals surface area contributed by atoms with Crippen LogP contribution in [0.2, 0.25) is 5.02 Å². The monoisotopic (exact) mass is 508 g/mol. The minimum absolute atomic E-state index is 0. The molecule has 1 N–H and O–H groups in total. The average molecular weight is 510 g/mol. The van der Waals surface area contributed by atoms with Crippen molar-refractivity contribution in [3.8, 4) is 5.75 Å². The quantitative estimate of drug-likeness (QED) is 0.342. The highest BCUT2D eigenvalue weighted by Crippen LogP contribution is 2.24. The molecule has 10 heteroatoms. The molecule has 0 fully saturated rings. The second kappa shape index (κ2) is 12.2. The molecule has 0 aliphatic carbocycles. The summed E-state index contributed by atoms with van der Waals surface area (Å²) in [6.45, 7) is 0.714. The number of anilines is 1. The maximum Gasteiger partial charge on any atom is 0.274 e. The molecule has 172 valence electrons. The molecular formula is C23H20Cl3FN4O2. The number of nitrogens with zero attached hydrogens (tertiary/aromatic N) is 3. The lowest BCUT2D eigenvalue weighted by molar-refractivity contribution is 0.102. The number of pyridine rings is 1. The van der Waals surface area contributed by atoms with Crippen LogP contribution in [0, 0.1) is 5.82 Å². The maximum atomic E-state index is 13.0. The van der Waals surface area contributed by atoms with Crippen LogP contribution in [0.4, 0.5) is 10.1 Å². The van der Waals surface area contributed by atoms with Crippen molar-refractivity contribution in [2.75, 3.05) is 5.32 Å². The van der Waals surface area contributed by atoms with E-state index in [0.29, 0.717) is 23.0 Å². The number of benzene rings is 2. The summed E-state index contributed by atoms with van der Waals surface area (Å²) in [5.74, 6) is -0.0781. The van der Waals surface area contributed by atoms with Gasteiger partial charge < -0.3 is 10.1 Å². The van der Waals surface area contributed by atoms with Crippen molar-refractivity contribution >= 4 is 48.0 Å². The van der Waals surface area contributed by atoms with Crippen molar-refractivity contribution in [2.24, 2.45) is 0 Å². The number of hydrogen-bond donors (Lipinski definition) is 1. The van der Waals surface area contributed by atoms with Gasteiger partial charge >= 0.3 is 0 Å². The Morgan fingerprint density at radius 3 is 2.58 bits per heavy atom. The molecule has 0 saturated carbocycles. The molecule has 0 radical (unpaired) electrons. The number of ether oxygens (including phenoxy) is 1. The van der Waals surface area contributed by atoms with Gasteiger partial charge in [0, 0.05) is 12.4 Å². The van der Waals surface area contributed by atoms with E-state index in [2.05, 4.69) is 15.4 Å². The molecule has 4 rings (SSSR count). The van der Waals surface area contributed by atoms with Crippen molar-refractivity contribution in [2.45, 2.75) is 13.2 Å². The molecule has 2 aromatic heterocycles. The van der Waals surface area contributed by atoms with E-state index in [0.717, 1.165) is 11.1 Å². The van der Waals surface area contributed by atoms with E-state index in [4.69, 9.17) is 16.3 Å². The third-order valence-electron chi connectivity index (χ3n) is 4.44. The molecule has 0 saturated heterocycles. The largest absolute Gasteiger partial charge is 0.487 e. The highest BCUT2D eigenvalue weighted by Gasteiger charge is 2.11. The van der Waals surface area contributed by atoms with Crippen LogP contribution < -0.4 is 10.1 Å². The zero-order valence-corrected chi connectivity index (χ0v) is 19.5. The summed E-state index contributed by atoms with van der Waals surface area (Å²) in [6.07, 6.45) is 4.80. The number of nitrogens with one attached hydrogen (secondary N) is 1. The van der Waals surface area contributed by atoms with Crippen LogP contribution in [0.15, 0.2) is 79.3 Å². The molecule has 0 aliphatic heterocycles. The molecule has 0 atom stereocenters. The zero-order valence-electron chi connectivity index (χ0n) is 17.2. The van der Waals surface area contributed by atoms with Crippen LogP contribution in [0.25, 0.3) is 0 Å². The number of hydrogen-bond acceptors (Lipinski definition) is 4. The third kappa shape index (κ3) is 7.18. The average Bonchev–Trinajstić information content (AvgIpc) is 3.21. The van der Waals surface area contributed by atoms with E-state index in [-0.39, 0.29) is 48.8 Å². The molecule has 0 aliphatic rings. The summed E-state index contributed by atoms with van der Waals surface area (Å²) >= 11 is 6.10. The van der Waals surface area contributed by atoms with E-state index in [1.165, 1.54) is 12.1 Å². The van der Waals surface area contributed by atoms with Crippen LogP contribution >= 0.6 is 36.4 Å². The van der Waals surface area contributed by atoms with Crippen LogP contribution in [0.5, 0.6) is 5.75 Å². The number of aromatic nitrogens is 3. The Bertz CT molecular complexity index is 1200. The molecule has 4 aromatic rings. The summed E-state index contributed by atoms with van der Waals surface area (Å²) in [5, 5.41) is 7.52. The van der Waals surface area contributed by atoms with E-state index >= 15 is 0 Å². The maximum absolute atomic E-state index is 13.0. The first-order chi connectivity index (χ1) is 15.1. The summed E-state index contributed by atoms with van der Waals surface area (Å²) in [4.78, 5) is 16.7. The van der Waals surface area contributed by atoms with Crippen molar-refractivity contribution in [3.05, 3.63) is 107 Å². The van der Waals surface area contributed by atoms with Gasteiger partial charge in [-0.15, -0.1) is 24.8 Å². The first kappa shape index (κ1) is 26.1. The van der Waals surface area contributed by atoms with Gasteiger partial charge in [0.1, 0.15) is 23.9 Å². The first-order valence-electron chi connectivity index (χ1n) is 9.47. The molecule has 0 spiro atoms. The van der Waals surface area contributed by atoms with Crippen molar-refractivity contribution in [1.82, 2.24) is 14.8 Å². The van der Waals surface area contributed by atoms with E-state index < -0.39 is 0 Å². The Labute approximate surface area is 207 Å². The predicted molar refractivity (Wildman–Crippen MR) is 130 cm³/mol. The Morgan fingerprint density at radius 1 is 1.06 bits per heavy atom. The number of carbonyl (C=O) groups is 1. The molecule has 1 amide bonds. The van der Waals surface area contributed by atoms with E-state index in [1.54, 1.807) is 59.7 Å². The molecule has 33 heavy (non-hydrogen) atoms. The van der Waals surface area contributed by atoms with Gasteiger partial charge in [-0.1, -0.05) is 35.9 Å². The fourth-order valence-electron chi connectivity index (χ4n) is 2.90. The minimum atomic E-state index is -0.360. The second-order valence-electron chi connectivity index (χ2n) is 6.78. The SMILES string of the molecule is Cl.Cl.O=C(Nc1cnn(Cc2ccc(F)cc2)c1)c1cc(COc2ccccc2Cl)ccn1. The molecule has 2 aromatic carbocycles. The van der Waals surface area contributed by atoms with E-state index in [1.807, 2.05) is 12.1 Å². The molecular weight excluding hydrogens is 490 g/mol. The molecule has 6 nitrogen and oxygen atoms in total. The number of rotatable bonds is 7. The van der Waals surface area contributed by atoms with Gasteiger partial charge in [0.15, 0.2) is 0 Å². The second-order valence-corrected chi connectivity index (χ2v) is 7.18. The predicted octanol–water partition coefficient (Wildman–Crippen LogP) is 5.79. The lowest BCUT2D eigenvalue weighted by Crippen LogP contribution is -2.14. The van der Waals surface area contributed by atoms with Crippen LogP contribution in [0.3, 0.4) is 0 Å². The zero-order chi connectivity index (χ0) is 21.6. The van der Waals surface area contributed by atoms with Gasteiger partial charge in [0.05, 0.1) is 23.5 Å². The fourth-order valence-corrected chi connectivity index (χ4v) is 3.09. The normalized spacial score (nSPS) is 10.0. The van der Waals surface area contributed by atoms with Crippen LogP contribution in [0.1, 0.15) is 21.6 Å². The third-order valence-corrected chi connectivity index (χ3v) is 4.75. The standard InChI is InChI=1S/C23H18ClFN4O2.2ClH/c24-20-3-1-2-4-22(20)31-15-17-9-10-26-21(11-17)23(30)28-19-12-27-29(14-19)13-16-5-7-18(25)8-6-16;;/h1-12,14H,13,15H2,(H,28,30);2*1H. The molecule has 0 unspecified atom stereocenters. The molecule has 2 heterocycles. The summed E-state index contributed by atoms with van der Waals surface area (Å²) < 4.78 is 20.4. The van der Waals surface area contributed by atoms with Gasteiger partial charge in [-0.3, -0.25) is 14.5 Å². The highest BCUT2D eigenvalue weighted by atomic mass is 35.5. The number of amides is 1. The number of carbonyl (C=O) groups excluding carboxylic acids is 1. The number of para-hydroxylation sites is 1.